The van der Waals surface area contributed by atoms with Gasteiger partial charge in [0, 0.05) is 12.2 Å². The Morgan fingerprint density at radius 1 is 1.45 bits per heavy atom. The Kier molecular flexibility index (Phi) is 1.53. The van der Waals surface area contributed by atoms with E-state index in [2.05, 4.69) is 29.0 Å². The lowest BCUT2D eigenvalue weighted by molar-refractivity contribution is 0.950. The molecule has 0 fully saturated rings. The van der Waals surface area contributed by atoms with Gasteiger partial charge in [0.2, 0.25) is 0 Å². The van der Waals surface area contributed by atoms with E-state index in [0.717, 1.165) is 13.0 Å². The highest BCUT2D eigenvalue weighted by Crippen LogP contribution is 2.11. The molecule has 0 spiro atoms. The largest absolute Gasteiger partial charge is 0.358 e. The predicted molar refractivity (Wildman–Crippen MR) is 46.2 cm³/mol. The molecule has 1 aliphatic rings. The maximum atomic E-state index is 4.40. The van der Waals surface area contributed by atoms with Crippen LogP contribution in [0.15, 0.2) is 17.1 Å². The molecular weight excluding hydrogens is 136 g/mol. The Bertz CT molecular complexity index is 284. The summed E-state index contributed by atoms with van der Waals surface area (Å²) in [5.41, 5.74) is 3.67. The number of hydrogen-bond acceptors (Lipinski definition) is 1. The van der Waals surface area contributed by atoms with Gasteiger partial charge in [-0.1, -0.05) is 0 Å². The van der Waals surface area contributed by atoms with Crippen LogP contribution in [0.25, 0.3) is 0 Å². The van der Waals surface area contributed by atoms with Gasteiger partial charge in [-0.25, -0.2) is 0 Å². The molecule has 0 bridgehead atoms. The third-order valence-corrected chi connectivity index (χ3v) is 2.02. The Morgan fingerprint density at radius 3 is 2.91 bits per heavy atom. The van der Waals surface area contributed by atoms with Gasteiger partial charge in [-0.2, -0.15) is 0 Å². The summed E-state index contributed by atoms with van der Waals surface area (Å²) < 4.78 is 0. The molecule has 58 valence electrons. The number of aromatic amines is 1. The van der Waals surface area contributed by atoms with Crippen molar-refractivity contribution in [2.75, 3.05) is 6.54 Å². The first kappa shape index (κ1) is 6.65. The molecule has 1 aromatic heterocycles. The topological polar surface area (TPSA) is 28.1 Å². The Hall–Kier alpha value is -1.05. The number of nitrogens with zero attached hydrogens (tertiary/aromatic N) is 1. The van der Waals surface area contributed by atoms with Gasteiger partial charge >= 0.3 is 0 Å². The van der Waals surface area contributed by atoms with Crippen molar-refractivity contribution in [1.82, 2.24) is 4.98 Å². The Morgan fingerprint density at radius 2 is 2.36 bits per heavy atom. The molecule has 2 nitrogen and oxygen atoms in total. The molecule has 1 aliphatic heterocycles. The second-order valence-electron chi connectivity index (χ2n) is 2.99. The lowest BCUT2D eigenvalue weighted by Crippen LogP contribution is -1.95. The third-order valence-electron chi connectivity index (χ3n) is 2.02. The maximum Gasteiger partial charge on any atom is 0.0596 e. The van der Waals surface area contributed by atoms with Crippen LogP contribution in [0.1, 0.15) is 24.2 Å². The van der Waals surface area contributed by atoms with E-state index in [4.69, 9.17) is 0 Å². The first-order valence-corrected chi connectivity index (χ1v) is 4.05. The van der Waals surface area contributed by atoms with Crippen LogP contribution >= 0.6 is 0 Å². The molecule has 1 aromatic rings. The van der Waals surface area contributed by atoms with Crippen LogP contribution < -0.4 is 0 Å². The SMILES string of the molecule is Cc1ccc(C2=NCCC2)[nH]1. The molecule has 0 amide bonds. The van der Waals surface area contributed by atoms with Gasteiger partial charge in [-0.3, -0.25) is 4.99 Å². The van der Waals surface area contributed by atoms with Gasteiger partial charge in [0.05, 0.1) is 11.4 Å². The van der Waals surface area contributed by atoms with Crippen molar-refractivity contribution >= 4 is 5.71 Å². The minimum atomic E-state index is 1.01. The van der Waals surface area contributed by atoms with Gasteiger partial charge in [0.25, 0.3) is 0 Å². The fourth-order valence-electron chi connectivity index (χ4n) is 1.43. The van der Waals surface area contributed by atoms with Crippen molar-refractivity contribution in [3.05, 3.63) is 23.5 Å². The fraction of sp³-hybridized carbons (Fsp3) is 0.444. The van der Waals surface area contributed by atoms with Crippen molar-refractivity contribution in [2.24, 2.45) is 4.99 Å². The van der Waals surface area contributed by atoms with Crippen molar-refractivity contribution in [3.63, 3.8) is 0 Å². The molecule has 0 aromatic carbocycles. The van der Waals surface area contributed by atoms with Crippen LogP contribution in [0, 0.1) is 6.92 Å². The molecule has 2 heteroatoms. The summed E-state index contributed by atoms with van der Waals surface area (Å²) in [6.07, 6.45) is 2.35. The maximum absolute atomic E-state index is 4.40. The number of hydrogen-bond donors (Lipinski definition) is 1. The summed E-state index contributed by atoms with van der Waals surface area (Å²) >= 11 is 0. The zero-order chi connectivity index (χ0) is 7.68. The first-order valence-electron chi connectivity index (χ1n) is 4.05. The highest BCUT2D eigenvalue weighted by Gasteiger charge is 2.09. The van der Waals surface area contributed by atoms with Crippen molar-refractivity contribution in [1.29, 1.82) is 0 Å². The van der Waals surface area contributed by atoms with Gasteiger partial charge in [-0.15, -0.1) is 0 Å². The monoisotopic (exact) mass is 148 g/mol. The van der Waals surface area contributed by atoms with Crippen LogP contribution in [-0.2, 0) is 0 Å². The Balaban J connectivity index is 2.28. The summed E-state index contributed by atoms with van der Waals surface area (Å²) in [4.78, 5) is 7.69. The third kappa shape index (κ3) is 1.20. The minimum absolute atomic E-state index is 1.01. The molecule has 1 N–H and O–H groups in total. The van der Waals surface area contributed by atoms with E-state index in [9.17, 15) is 0 Å². The summed E-state index contributed by atoms with van der Waals surface area (Å²) in [6, 6.07) is 4.20. The van der Waals surface area contributed by atoms with Crippen molar-refractivity contribution < 1.29 is 0 Å². The van der Waals surface area contributed by atoms with Crippen LogP contribution in [0.3, 0.4) is 0 Å². The summed E-state index contributed by atoms with van der Waals surface area (Å²) in [5.74, 6) is 0. The number of aryl methyl sites for hydroxylation is 1. The summed E-state index contributed by atoms with van der Waals surface area (Å²) in [6.45, 7) is 3.08. The number of aliphatic imine (C=N–C) groups is 1. The number of H-pyrrole nitrogens is 1. The van der Waals surface area contributed by atoms with Gasteiger partial charge in [-0.05, 0) is 31.9 Å². The molecule has 0 saturated carbocycles. The molecule has 0 aliphatic carbocycles. The number of rotatable bonds is 1. The highest BCUT2D eigenvalue weighted by atomic mass is 14.8. The smallest absolute Gasteiger partial charge is 0.0596 e. The highest BCUT2D eigenvalue weighted by molar-refractivity contribution is 6.00. The van der Waals surface area contributed by atoms with E-state index in [1.165, 1.54) is 23.5 Å². The number of nitrogens with one attached hydrogen (secondary N) is 1. The Labute approximate surface area is 66.4 Å². The van der Waals surface area contributed by atoms with E-state index in [-0.39, 0.29) is 0 Å². The number of aromatic nitrogens is 1. The molecule has 0 atom stereocenters. The summed E-state index contributed by atoms with van der Waals surface area (Å²) in [7, 11) is 0. The molecule has 2 rings (SSSR count). The van der Waals surface area contributed by atoms with Crippen LogP contribution in [0.4, 0.5) is 0 Å². The standard InChI is InChI=1S/C9H12N2/c1-7-4-5-9(11-7)8-3-2-6-10-8/h4-5,11H,2-3,6H2,1H3. The van der Waals surface area contributed by atoms with Crippen molar-refractivity contribution in [3.8, 4) is 0 Å². The molecule has 0 unspecified atom stereocenters. The second kappa shape index (κ2) is 2.53. The van der Waals surface area contributed by atoms with Gasteiger partial charge in [0.15, 0.2) is 0 Å². The minimum Gasteiger partial charge on any atom is -0.358 e. The van der Waals surface area contributed by atoms with E-state index in [0.29, 0.717) is 0 Å². The van der Waals surface area contributed by atoms with E-state index < -0.39 is 0 Å². The quantitative estimate of drug-likeness (QED) is 0.630. The summed E-state index contributed by atoms with van der Waals surface area (Å²) in [5, 5.41) is 0. The zero-order valence-corrected chi connectivity index (χ0v) is 6.72. The van der Waals surface area contributed by atoms with Crippen LogP contribution in [0.5, 0.6) is 0 Å². The van der Waals surface area contributed by atoms with Gasteiger partial charge < -0.3 is 4.98 Å². The average Bonchev–Trinajstić information content (AvgIpc) is 2.55. The molecule has 2 heterocycles. The van der Waals surface area contributed by atoms with Crippen LogP contribution in [-0.4, -0.2) is 17.2 Å². The zero-order valence-electron chi connectivity index (χ0n) is 6.72. The van der Waals surface area contributed by atoms with Gasteiger partial charge in [0.1, 0.15) is 0 Å². The first-order chi connectivity index (χ1) is 5.36. The fourth-order valence-corrected chi connectivity index (χ4v) is 1.43. The van der Waals surface area contributed by atoms with E-state index in [1.54, 1.807) is 0 Å². The lowest BCUT2D eigenvalue weighted by atomic mass is 10.2. The van der Waals surface area contributed by atoms with Crippen LogP contribution in [0.2, 0.25) is 0 Å². The normalized spacial score (nSPS) is 17.0. The average molecular weight is 148 g/mol. The molecule has 0 saturated heterocycles. The lowest BCUT2D eigenvalue weighted by Gasteiger charge is -1.93. The molecule has 0 radical (unpaired) electrons. The van der Waals surface area contributed by atoms with Crippen molar-refractivity contribution in [2.45, 2.75) is 19.8 Å². The van der Waals surface area contributed by atoms with E-state index in [1.807, 2.05) is 0 Å². The van der Waals surface area contributed by atoms with E-state index >= 15 is 0 Å². The predicted octanol–water partition coefficient (Wildman–Crippen LogP) is 1.91. The second-order valence-corrected chi connectivity index (χ2v) is 2.99. The molecule has 11 heavy (non-hydrogen) atoms. The molecular formula is C9H12N2.